The molecule has 2 atom stereocenters. The summed E-state index contributed by atoms with van der Waals surface area (Å²) in [5.41, 5.74) is 6.06. The molecule has 2 N–H and O–H groups in total. The maximum Gasteiger partial charge on any atom is 0.209 e. The van der Waals surface area contributed by atoms with Crippen molar-refractivity contribution in [3.63, 3.8) is 0 Å². The Hall–Kier alpha value is -1.46. The first kappa shape index (κ1) is 23.6. The minimum absolute atomic E-state index is 0.108. The molecule has 5 heteroatoms. The molecule has 0 amide bonds. The summed E-state index contributed by atoms with van der Waals surface area (Å²) in [5.74, 6) is -0.236. The van der Waals surface area contributed by atoms with Gasteiger partial charge in [-0.1, -0.05) is 63.5 Å². The zero-order valence-electron chi connectivity index (χ0n) is 17.4. The normalized spacial score (nSPS) is 20.3. The van der Waals surface area contributed by atoms with Crippen LogP contribution in [0.15, 0.2) is 29.5 Å². The van der Waals surface area contributed by atoms with Crippen LogP contribution in [0.5, 0.6) is 0 Å². The molecule has 1 rings (SSSR count). The highest BCUT2D eigenvalue weighted by Crippen LogP contribution is 2.23. The van der Waals surface area contributed by atoms with Gasteiger partial charge in [0.2, 0.25) is 5.84 Å². The Labute approximate surface area is 165 Å². The maximum atomic E-state index is 11.1. The van der Waals surface area contributed by atoms with Crippen molar-refractivity contribution in [1.82, 2.24) is 0 Å². The molecule has 0 aromatic rings. The second-order valence-corrected chi connectivity index (χ2v) is 7.69. The Morgan fingerprint density at radius 1 is 1.11 bits per heavy atom. The van der Waals surface area contributed by atoms with E-state index in [-0.39, 0.29) is 17.2 Å². The number of nitrogens with zero attached hydrogens (tertiary/aromatic N) is 2. The summed E-state index contributed by atoms with van der Waals surface area (Å²) in [6, 6.07) is 0. The number of aliphatic imine (C=N–C) groups is 1. The molecule has 0 spiro atoms. The van der Waals surface area contributed by atoms with E-state index in [0.717, 1.165) is 25.1 Å². The van der Waals surface area contributed by atoms with Crippen LogP contribution in [0.2, 0.25) is 0 Å². The summed E-state index contributed by atoms with van der Waals surface area (Å²) < 4.78 is 0.108. The third kappa shape index (κ3) is 8.85. The highest BCUT2D eigenvalue weighted by molar-refractivity contribution is 5.81. The first-order chi connectivity index (χ1) is 13.0. The van der Waals surface area contributed by atoms with E-state index in [0.29, 0.717) is 0 Å². The van der Waals surface area contributed by atoms with Gasteiger partial charge in [-0.25, -0.2) is 9.48 Å². The fourth-order valence-corrected chi connectivity index (χ4v) is 3.70. The van der Waals surface area contributed by atoms with Crippen molar-refractivity contribution >= 4 is 11.8 Å². The molecule has 0 bridgehead atoms. The number of rotatable bonds is 16. The number of aliphatic carboxylic acids is 1. The van der Waals surface area contributed by atoms with Gasteiger partial charge >= 0.3 is 0 Å². The Balaban J connectivity index is 2.08. The topological polar surface area (TPSA) is 78.5 Å². The molecule has 1 aliphatic heterocycles. The van der Waals surface area contributed by atoms with Crippen molar-refractivity contribution in [2.75, 3.05) is 6.54 Å². The number of carbonyl (C=O) groups excluding carboxylic acids is 1. The lowest BCUT2D eigenvalue weighted by Gasteiger charge is -2.36. The minimum atomic E-state index is -1.09. The molecule has 2 unspecified atom stereocenters. The summed E-state index contributed by atoms with van der Waals surface area (Å²) in [6.45, 7) is 3.77. The molecule has 0 radical (unpaired) electrons. The fourth-order valence-electron chi connectivity index (χ4n) is 3.70. The van der Waals surface area contributed by atoms with Crippen molar-refractivity contribution in [1.29, 1.82) is 0 Å². The van der Waals surface area contributed by atoms with Crippen LogP contribution in [-0.4, -0.2) is 29.0 Å². The predicted octanol–water partition coefficient (Wildman–Crippen LogP) is 4.00. The number of allylic oxidation sites excluding steroid dienone is 2. The van der Waals surface area contributed by atoms with Crippen molar-refractivity contribution in [3.05, 3.63) is 24.6 Å². The van der Waals surface area contributed by atoms with Gasteiger partial charge in [0.05, 0.1) is 12.2 Å². The van der Waals surface area contributed by atoms with Gasteiger partial charge in [0.1, 0.15) is 18.9 Å². The van der Waals surface area contributed by atoms with Gasteiger partial charge in [-0.05, 0) is 26.2 Å². The molecule has 0 aromatic heterocycles. The maximum absolute atomic E-state index is 11.1. The summed E-state index contributed by atoms with van der Waals surface area (Å²) in [4.78, 5) is 15.5. The first-order valence-corrected chi connectivity index (χ1v) is 10.7. The lowest BCUT2D eigenvalue weighted by molar-refractivity contribution is -0.808. The molecule has 5 nitrogen and oxygen atoms in total. The number of quaternary nitrogens is 1. The van der Waals surface area contributed by atoms with E-state index < -0.39 is 5.97 Å². The quantitative estimate of drug-likeness (QED) is 0.251. The van der Waals surface area contributed by atoms with Crippen molar-refractivity contribution in [2.24, 2.45) is 10.7 Å². The molecule has 154 valence electrons. The molecule has 0 saturated carbocycles. The molecular formula is C22H39N3O2. The van der Waals surface area contributed by atoms with Crippen molar-refractivity contribution in [2.45, 2.75) is 97.1 Å². The summed E-state index contributed by atoms with van der Waals surface area (Å²) in [6.07, 6.45) is 22.3. The second-order valence-electron chi connectivity index (χ2n) is 7.69. The minimum Gasteiger partial charge on any atom is -0.544 e. The number of nitrogens with two attached hydrogens (primary N) is 1. The number of amidine groups is 1. The van der Waals surface area contributed by atoms with Gasteiger partial charge in [-0.15, -0.1) is 0 Å². The van der Waals surface area contributed by atoms with Crippen LogP contribution in [0.1, 0.15) is 90.9 Å². The molecule has 0 fully saturated rings. The smallest absolute Gasteiger partial charge is 0.209 e. The zero-order valence-corrected chi connectivity index (χ0v) is 17.4. The average Bonchev–Trinajstić information content (AvgIpc) is 3.02. The van der Waals surface area contributed by atoms with Crippen LogP contribution in [-0.2, 0) is 4.79 Å². The Morgan fingerprint density at radius 2 is 1.67 bits per heavy atom. The number of hydrogen-bond acceptors (Lipinski definition) is 4. The third-order valence-corrected chi connectivity index (χ3v) is 5.41. The van der Waals surface area contributed by atoms with Crippen LogP contribution in [0.25, 0.3) is 0 Å². The number of carboxylic acids is 1. The standard InChI is InChI=1S/C22H39N3O2/c1-3-4-5-6-7-8-9-10-11-12-13-14-15-16-21-24-17-18-25(21,20(2)23)19-22(26)27/h3-4,17-18,20H,5-16,19,23H2,1-2H3/b4-3+. The Morgan fingerprint density at radius 3 is 2.19 bits per heavy atom. The first-order valence-electron chi connectivity index (χ1n) is 10.7. The summed E-state index contributed by atoms with van der Waals surface area (Å²) in [5, 5.41) is 11.1. The van der Waals surface area contributed by atoms with Crippen LogP contribution in [0, 0.1) is 0 Å². The number of hydrogen-bond donors (Lipinski definition) is 1. The molecular weight excluding hydrogens is 338 g/mol. The summed E-state index contributed by atoms with van der Waals surface area (Å²) in [7, 11) is 0. The number of unbranched alkanes of at least 4 members (excludes halogenated alkanes) is 10. The lowest BCUT2D eigenvalue weighted by Crippen LogP contribution is -2.60. The van der Waals surface area contributed by atoms with Gasteiger partial charge in [-0.3, -0.25) is 5.73 Å². The van der Waals surface area contributed by atoms with Gasteiger partial charge < -0.3 is 9.90 Å². The molecule has 1 heterocycles. The highest BCUT2D eigenvalue weighted by atomic mass is 16.4. The van der Waals surface area contributed by atoms with Gasteiger partial charge in [0.25, 0.3) is 0 Å². The van der Waals surface area contributed by atoms with Crippen molar-refractivity contribution in [3.8, 4) is 0 Å². The molecule has 0 saturated heterocycles. The monoisotopic (exact) mass is 377 g/mol. The van der Waals surface area contributed by atoms with Crippen molar-refractivity contribution < 1.29 is 14.4 Å². The van der Waals surface area contributed by atoms with Gasteiger partial charge in [-0.2, -0.15) is 0 Å². The average molecular weight is 378 g/mol. The van der Waals surface area contributed by atoms with E-state index in [4.69, 9.17) is 5.73 Å². The fraction of sp³-hybridized carbons (Fsp3) is 0.727. The highest BCUT2D eigenvalue weighted by Gasteiger charge is 2.38. The molecule has 0 aromatic carbocycles. The van der Waals surface area contributed by atoms with E-state index in [1.807, 2.05) is 6.92 Å². The van der Waals surface area contributed by atoms with E-state index in [9.17, 15) is 9.90 Å². The number of carbonyl (C=O) groups is 1. The van der Waals surface area contributed by atoms with Crippen LogP contribution in [0.3, 0.4) is 0 Å². The van der Waals surface area contributed by atoms with E-state index in [2.05, 4.69) is 24.1 Å². The van der Waals surface area contributed by atoms with Gasteiger partial charge in [0, 0.05) is 13.3 Å². The van der Waals surface area contributed by atoms with E-state index in [1.165, 1.54) is 57.8 Å². The zero-order chi connectivity index (χ0) is 20.0. The SMILES string of the molecule is C/C=C/CCCCCCCCCCCCC1=NC=C[N+]1(CC(=O)[O-])C(C)N. The molecule has 0 aliphatic carbocycles. The summed E-state index contributed by atoms with van der Waals surface area (Å²) >= 11 is 0. The number of carboxylic acid groups (broad SMARTS) is 1. The van der Waals surface area contributed by atoms with Crippen LogP contribution < -0.4 is 10.8 Å². The molecule has 27 heavy (non-hydrogen) atoms. The molecule has 1 aliphatic rings. The Bertz CT molecular complexity index is 512. The van der Waals surface area contributed by atoms with Crippen LogP contribution >= 0.6 is 0 Å². The Kier molecular flexibility index (Phi) is 11.9. The predicted molar refractivity (Wildman–Crippen MR) is 111 cm³/mol. The third-order valence-electron chi connectivity index (χ3n) is 5.41. The largest absolute Gasteiger partial charge is 0.544 e. The van der Waals surface area contributed by atoms with Crippen LogP contribution in [0.4, 0.5) is 0 Å². The van der Waals surface area contributed by atoms with Gasteiger partial charge in [0.15, 0.2) is 0 Å². The second kappa shape index (κ2) is 13.7. The van der Waals surface area contributed by atoms with E-state index in [1.54, 1.807) is 12.4 Å². The van der Waals surface area contributed by atoms with E-state index >= 15 is 0 Å². The lowest BCUT2D eigenvalue weighted by atomic mass is 10.0.